The summed E-state index contributed by atoms with van der Waals surface area (Å²) < 4.78 is 0. The molecule has 3 N–H and O–H groups in total. The number of anilines is 1. The molecule has 1 heterocycles. The van der Waals surface area contributed by atoms with Gasteiger partial charge in [-0.25, -0.2) is 0 Å². The van der Waals surface area contributed by atoms with Crippen LogP contribution in [0.15, 0.2) is 24.3 Å². The molecule has 0 aromatic heterocycles. The molecule has 108 valence electrons. The maximum atomic E-state index is 12.0. The van der Waals surface area contributed by atoms with Gasteiger partial charge in [-0.05, 0) is 62.9 Å². The number of carbonyl (C=O) groups is 1. The van der Waals surface area contributed by atoms with E-state index in [0.717, 1.165) is 31.5 Å². The third-order valence-electron chi connectivity index (χ3n) is 4.51. The second-order valence-corrected chi connectivity index (χ2v) is 6.14. The summed E-state index contributed by atoms with van der Waals surface area (Å²) in [4.78, 5) is 14.5. The second kappa shape index (κ2) is 5.54. The molecule has 1 aromatic carbocycles. The molecule has 1 amide bonds. The molecule has 0 radical (unpaired) electrons. The van der Waals surface area contributed by atoms with Crippen molar-refractivity contribution < 1.29 is 4.79 Å². The van der Waals surface area contributed by atoms with Crippen molar-refractivity contribution in [1.29, 1.82) is 0 Å². The summed E-state index contributed by atoms with van der Waals surface area (Å²) in [5.41, 5.74) is 7.53. The van der Waals surface area contributed by atoms with Crippen LogP contribution >= 0.6 is 0 Å². The number of likely N-dealkylation sites (tertiary alicyclic amines) is 1. The average molecular weight is 273 g/mol. The van der Waals surface area contributed by atoms with Gasteiger partial charge in [-0.15, -0.1) is 0 Å². The number of amides is 1. The highest BCUT2D eigenvalue weighted by molar-refractivity contribution is 5.98. The highest BCUT2D eigenvalue weighted by Crippen LogP contribution is 2.30. The number of rotatable bonds is 4. The van der Waals surface area contributed by atoms with Crippen molar-refractivity contribution in [3.05, 3.63) is 29.8 Å². The van der Waals surface area contributed by atoms with E-state index < -0.39 is 5.54 Å². The molecular weight excluding hydrogens is 250 g/mol. The van der Waals surface area contributed by atoms with Gasteiger partial charge in [0.1, 0.15) is 0 Å². The third-order valence-corrected chi connectivity index (χ3v) is 4.51. The van der Waals surface area contributed by atoms with Crippen LogP contribution in [0.25, 0.3) is 0 Å². The quantitative estimate of drug-likeness (QED) is 0.883. The van der Waals surface area contributed by atoms with Gasteiger partial charge in [0, 0.05) is 12.2 Å². The molecule has 2 aliphatic rings. The second-order valence-electron chi connectivity index (χ2n) is 6.14. The van der Waals surface area contributed by atoms with Crippen LogP contribution in [0.1, 0.15) is 37.7 Å². The number of nitrogens with one attached hydrogen (secondary N) is 1. The molecule has 1 aliphatic carbocycles. The molecule has 0 unspecified atom stereocenters. The molecular formula is C16H23N3O. The zero-order chi connectivity index (χ0) is 14.0. The highest BCUT2D eigenvalue weighted by Gasteiger charge is 2.40. The molecule has 0 bridgehead atoms. The topological polar surface area (TPSA) is 58.4 Å². The van der Waals surface area contributed by atoms with Crippen LogP contribution in [-0.4, -0.2) is 29.4 Å². The molecule has 20 heavy (non-hydrogen) atoms. The van der Waals surface area contributed by atoms with Gasteiger partial charge in [-0.3, -0.25) is 9.69 Å². The van der Waals surface area contributed by atoms with E-state index in [1.807, 2.05) is 12.1 Å². The van der Waals surface area contributed by atoms with E-state index in [9.17, 15) is 4.79 Å². The number of hydrogen-bond donors (Lipinski definition) is 2. The lowest BCUT2D eigenvalue weighted by molar-refractivity contribution is -0.123. The molecule has 1 saturated carbocycles. The summed E-state index contributed by atoms with van der Waals surface area (Å²) in [6, 6.07) is 8.15. The van der Waals surface area contributed by atoms with Crippen molar-refractivity contribution in [2.45, 2.75) is 44.2 Å². The van der Waals surface area contributed by atoms with E-state index in [4.69, 9.17) is 5.73 Å². The summed E-state index contributed by atoms with van der Waals surface area (Å²) in [6.07, 6.45) is 5.27. The summed E-state index contributed by atoms with van der Waals surface area (Å²) in [7, 11) is 0. The Morgan fingerprint density at radius 2 is 1.80 bits per heavy atom. The van der Waals surface area contributed by atoms with Crippen molar-refractivity contribution >= 4 is 11.6 Å². The normalized spacial score (nSPS) is 21.4. The fourth-order valence-corrected chi connectivity index (χ4v) is 2.93. The van der Waals surface area contributed by atoms with Gasteiger partial charge in [-0.1, -0.05) is 12.1 Å². The van der Waals surface area contributed by atoms with Gasteiger partial charge < -0.3 is 11.1 Å². The third kappa shape index (κ3) is 2.86. The fraction of sp³-hybridized carbons (Fsp3) is 0.562. The Balaban J connectivity index is 1.56. The molecule has 1 aliphatic heterocycles. The van der Waals surface area contributed by atoms with Crippen molar-refractivity contribution in [1.82, 2.24) is 4.90 Å². The summed E-state index contributed by atoms with van der Waals surface area (Å²) in [5, 5.41) is 2.93. The maximum absolute atomic E-state index is 12.0. The van der Waals surface area contributed by atoms with Crippen molar-refractivity contribution in [2.75, 3.05) is 18.4 Å². The smallest absolute Gasteiger partial charge is 0.244 e. The first-order valence-corrected chi connectivity index (χ1v) is 7.57. The van der Waals surface area contributed by atoms with Crippen LogP contribution < -0.4 is 11.1 Å². The molecule has 2 fully saturated rings. The van der Waals surface area contributed by atoms with Gasteiger partial charge >= 0.3 is 0 Å². The zero-order valence-corrected chi connectivity index (χ0v) is 11.9. The summed E-state index contributed by atoms with van der Waals surface area (Å²) in [5.74, 6) is -0.0453. The number of nitrogens with zero attached hydrogens (tertiary/aromatic N) is 1. The minimum Gasteiger partial charge on any atom is -0.324 e. The van der Waals surface area contributed by atoms with E-state index in [1.54, 1.807) is 0 Å². The van der Waals surface area contributed by atoms with Crippen LogP contribution in [0.2, 0.25) is 0 Å². The molecule has 4 nitrogen and oxygen atoms in total. The minimum absolute atomic E-state index is 0.0453. The Kier molecular flexibility index (Phi) is 3.76. The van der Waals surface area contributed by atoms with Crippen LogP contribution in [0.4, 0.5) is 5.69 Å². The van der Waals surface area contributed by atoms with Crippen LogP contribution in [-0.2, 0) is 11.3 Å². The van der Waals surface area contributed by atoms with E-state index >= 15 is 0 Å². The Morgan fingerprint density at radius 3 is 2.35 bits per heavy atom. The predicted molar refractivity (Wildman–Crippen MR) is 80.4 cm³/mol. The molecule has 0 atom stereocenters. The van der Waals surface area contributed by atoms with Crippen molar-refractivity contribution in [2.24, 2.45) is 5.73 Å². The van der Waals surface area contributed by atoms with E-state index in [1.165, 1.54) is 31.5 Å². The van der Waals surface area contributed by atoms with Gasteiger partial charge in [-0.2, -0.15) is 0 Å². The lowest BCUT2D eigenvalue weighted by Crippen LogP contribution is -2.56. The predicted octanol–water partition coefficient (Wildman–Crippen LogP) is 2.10. The molecule has 0 spiro atoms. The summed E-state index contributed by atoms with van der Waals surface area (Å²) in [6.45, 7) is 3.41. The first kappa shape index (κ1) is 13.6. The van der Waals surface area contributed by atoms with Crippen LogP contribution in [0, 0.1) is 0 Å². The Labute approximate surface area is 120 Å². The monoisotopic (exact) mass is 273 g/mol. The SMILES string of the molecule is NC1(C(=O)Nc2ccc(CN3CCCC3)cc2)CCC1. The highest BCUT2D eigenvalue weighted by atomic mass is 16.2. The number of nitrogens with two attached hydrogens (primary N) is 1. The van der Waals surface area contributed by atoms with E-state index in [2.05, 4.69) is 22.3 Å². The summed E-state index contributed by atoms with van der Waals surface area (Å²) >= 11 is 0. The van der Waals surface area contributed by atoms with E-state index in [-0.39, 0.29) is 5.91 Å². The lowest BCUT2D eigenvalue weighted by atomic mass is 9.77. The number of benzene rings is 1. The minimum atomic E-state index is -0.631. The Morgan fingerprint density at radius 1 is 1.15 bits per heavy atom. The van der Waals surface area contributed by atoms with Gasteiger partial charge in [0.05, 0.1) is 5.54 Å². The fourth-order valence-electron chi connectivity index (χ4n) is 2.93. The van der Waals surface area contributed by atoms with Crippen molar-refractivity contribution in [3.8, 4) is 0 Å². The maximum Gasteiger partial charge on any atom is 0.244 e. The van der Waals surface area contributed by atoms with Gasteiger partial charge in [0.25, 0.3) is 0 Å². The zero-order valence-electron chi connectivity index (χ0n) is 11.9. The number of carbonyl (C=O) groups excluding carboxylic acids is 1. The Bertz CT molecular complexity index is 473. The Hall–Kier alpha value is -1.39. The molecule has 1 aromatic rings. The average Bonchev–Trinajstić information content (AvgIpc) is 2.91. The number of hydrogen-bond acceptors (Lipinski definition) is 3. The van der Waals surface area contributed by atoms with Gasteiger partial charge in [0.2, 0.25) is 5.91 Å². The van der Waals surface area contributed by atoms with E-state index in [0.29, 0.717) is 0 Å². The van der Waals surface area contributed by atoms with Crippen LogP contribution in [0.5, 0.6) is 0 Å². The largest absolute Gasteiger partial charge is 0.324 e. The first-order chi connectivity index (χ1) is 9.66. The standard InChI is InChI=1S/C16H23N3O/c17-16(8-3-9-16)15(20)18-14-6-4-13(5-7-14)12-19-10-1-2-11-19/h4-7H,1-3,8-12,17H2,(H,18,20). The molecule has 3 rings (SSSR count). The van der Waals surface area contributed by atoms with Gasteiger partial charge in [0.15, 0.2) is 0 Å². The first-order valence-electron chi connectivity index (χ1n) is 7.57. The lowest BCUT2D eigenvalue weighted by Gasteiger charge is -2.36. The van der Waals surface area contributed by atoms with Crippen molar-refractivity contribution in [3.63, 3.8) is 0 Å². The molecule has 1 saturated heterocycles. The van der Waals surface area contributed by atoms with Crippen LogP contribution in [0.3, 0.4) is 0 Å². The molecule has 4 heteroatoms.